The highest BCUT2D eigenvalue weighted by Crippen LogP contribution is 2.33. The van der Waals surface area contributed by atoms with Crippen molar-refractivity contribution >= 4 is 39.9 Å². The molecule has 3 aromatic heterocycles. The molecule has 0 N–H and O–H groups in total. The van der Waals surface area contributed by atoms with Gasteiger partial charge >= 0.3 is 0 Å². The highest BCUT2D eigenvalue weighted by Gasteiger charge is 2.26. The lowest BCUT2D eigenvalue weighted by atomic mass is 10.1. The molecule has 0 unspecified atom stereocenters. The second-order valence-electron chi connectivity index (χ2n) is 6.99. The summed E-state index contributed by atoms with van der Waals surface area (Å²) >= 11 is 12.7. The molecule has 7 heteroatoms. The number of benzene rings is 2. The summed E-state index contributed by atoms with van der Waals surface area (Å²) in [5.41, 5.74) is 3.03. The monoisotopic (exact) mass is 447 g/mol. The Morgan fingerprint density at radius 2 is 1.71 bits per heavy atom. The summed E-state index contributed by atoms with van der Waals surface area (Å²) in [7, 11) is 0. The first-order chi connectivity index (χ1) is 15.1. The van der Waals surface area contributed by atoms with Crippen LogP contribution < -0.4 is 0 Å². The van der Waals surface area contributed by atoms with Gasteiger partial charge in [-0.3, -0.25) is 9.78 Å². The molecule has 31 heavy (non-hydrogen) atoms. The zero-order valence-electron chi connectivity index (χ0n) is 16.1. The van der Waals surface area contributed by atoms with E-state index in [1.807, 2.05) is 53.1 Å². The van der Waals surface area contributed by atoms with Gasteiger partial charge < -0.3 is 8.98 Å². The van der Waals surface area contributed by atoms with Gasteiger partial charge in [0, 0.05) is 34.9 Å². The molecule has 0 aliphatic rings. The van der Waals surface area contributed by atoms with Crippen LogP contribution in [-0.4, -0.2) is 20.3 Å². The Bertz CT molecular complexity index is 1390. The van der Waals surface area contributed by atoms with E-state index < -0.39 is 0 Å². The number of hydrogen-bond acceptors (Lipinski definition) is 4. The van der Waals surface area contributed by atoms with Gasteiger partial charge in [-0.25, -0.2) is 4.98 Å². The molecule has 152 valence electrons. The van der Waals surface area contributed by atoms with Crippen molar-refractivity contribution in [3.63, 3.8) is 0 Å². The molecule has 0 saturated carbocycles. The molecule has 5 nitrogen and oxygen atoms in total. The van der Waals surface area contributed by atoms with E-state index in [2.05, 4.69) is 9.97 Å². The topological polar surface area (TPSA) is 60.9 Å². The SMILES string of the molecule is O=C(c1ncc(-c2ccncc2)o1)c1c(Cl)n(Cc2ccc(Cl)cc2)c2ccccc12. The molecule has 0 fully saturated rings. The van der Waals surface area contributed by atoms with Gasteiger partial charge in [-0.1, -0.05) is 53.5 Å². The van der Waals surface area contributed by atoms with Crippen molar-refractivity contribution < 1.29 is 9.21 Å². The molecule has 0 aliphatic carbocycles. The lowest BCUT2D eigenvalue weighted by Gasteiger charge is -2.07. The Morgan fingerprint density at radius 3 is 2.48 bits per heavy atom. The molecule has 0 saturated heterocycles. The van der Waals surface area contributed by atoms with Crippen molar-refractivity contribution in [2.75, 3.05) is 0 Å². The summed E-state index contributed by atoms with van der Waals surface area (Å²) in [5.74, 6) is 0.117. The summed E-state index contributed by atoms with van der Waals surface area (Å²) in [6.45, 7) is 0.498. The molecule has 0 bridgehead atoms. The predicted octanol–water partition coefficient (Wildman–Crippen LogP) is 6.28. The number of hydrogen-bond donors (Lipinski definition) is 0. The zero-order valence-corrected chi connectivity index (χ0v) is 17.6. The molecule has 5 aromatic rings. The highest BCUT2D eigenvalue weighted by atomic mass is 35.5. The third-order valence-electron chi connectivity index (χ3n) is 5.05. The van der Waals surface area contributed by atoms with E-state index in [1.165, 1.54) is 6.20 Å². The molecule has 0 amide bonds. The van der Waals surface area contributed by atoms with E-state index in [0.717, 1.165) is 22.0 Å². The van der Waals surface area contributed by atoms with Crippen LogP contribution in [-0.2, 0) is 6.54 Å². The summed E-state index contributed by atoms with van der Waals surface area (Å²) in [4.78, 5) is 21.5. The van der Waals surface area contributed by atoms with E-state index in [4.69, 9.17) is 27.6 Å². The number of ketones is 1. The first kappa shape index (κ1) is 19.5. The number of carbonyl (C=O) groups is 1. The Morgan fingerprint density at radius 1 is 0.968 bits per heavy atom. The van der Waals surface area contributed by atoms with E-state index in [0.29, 0.717) is 28.0 Å². The fraction of sp³-hybridized carbons (Fsp3) is 0.0417. The molecule has 2 aromatic carbocycles. The quantitative estimate of drug-likeness (QED) is 0.297. The Hall–Kier alpha value is -3.41. The van der Waals surface area contributed by atoms with Gasteiger partial charge in [-0.05, 0) is 35.9 Å². The number of oxazole rings is 1. The molecular weight excluding hydrogens is 433 g/mol. The predicted molar refractivity (Wildman–Crippen MR) is 121 cm³/mol. The molecule has 5 rings (SSSR count). The number of pyridine rings is 1. The van der Waals surface area contributed by atoms with Crippen molar-refractivity contribution in [1.29, 1.82) is 0 Å². The minimum atomic E-state index is -0.364. The second kappa shape index (κ2) is 8.02. The second-order valence-corrected chi connectivity index (χ2v) is 7.78. The Labute approximate surface area is 187 Å². The number of aromatic nitrogens is 3. The maximum Gasteiger partial charge on any atom is 0.268 e. The number of fused-ring (bicyclic) bond motifs is 1. The normalized spacial score (nSPS) is 11.2. The summed E-state index contributed by atoms with van der Waals surface area (Å²) in [6.07, 6.45) is 4.84. The van der Waals surface area contributed by atoms with Crippen LogP contribution in [0.5, 0.6) is 0 Å². The molecule has 3 heterocycles. The van der Waals surface area contributed by atoms with Crippen molar-refractivity contribution in [2.24, 2.45) is 0 Å². The van der Waals surface area contributed by atoms with Crippen LogP contribution in [0, 0.1) is 0 Å². The third-order valence-corrected chi connectivity index (χ3v) is 5.70. The van der Waals surface area contributed by atoms with Crippen molar-refractivity contribution in [3.05, 3.63) is 106 Å². The van der Waals surface area contributed by atoms with Gasteiger partial charge in [-0.15, -0.1) is 0 Å². The van der Waals surface area contributed by atoms with Crippen molar-refractivity contribution in [2.45, 2.75) is 6.54 Å². The van der Waals surface area contributed by atoms with E-state index in [-0.39, 0.29) is 11.7 Å². The average Bonchev–Trinajstić information content (AvgIpc) is 3.40. The Balaban J connectivity index is 1.57. The van der Waals surface area contributed by atoms with Crippen LogP contribution in [0.1, 0.15) is 21.8 Å². The largest absolute Gasteiger partial charge is 0.433 e. The summed E-state index contributed by atoms with van der Waals surface area (Å²) in [5, 5.41) is 1.75. The van der Waals surface area contributed by atoms with Crippen LogP contribution in [0.3, 0.4) is 0 Å². The van der Waals surface area contributed by atoms with E-state index >= 15 is 0 Å². The van der Waals surface area contributed by atoms with Crippen molar-refractivity contribution in [3.8, 4) is 11.3 Å². The van der Waals surface area contributed by atoms with Crippen LogP contribution in [0.15, 0.2) is 83.7 Å². The van der Waals surface area contributed by atoms with Crippen LogP contribution in [0.4, 0.5) is 0 Å². The molecule has 0 aliphatic heterocycles. The Kier molecular flexibility index (Phi) is 5.06. The first-order valence-corrected chi connectivity index (χ1v) is 10.3. The van der Waals surface area contributed by atoms with Gasteiger partial charge in [0.15, 0.2) is 5.76 Å². The van der Waals surface area contributed by atoms with E-state index in [1.54, 1.807) is 24.5 Å². The number of rotatable bonds is 5. The lowest BCUT2D eigenvalue weighted by Crippen LogP contribution is -2.04. The smallest absolute Gasteiger partial charge is 0.268 e. The fourth-order valence-corrected chi connectivity index (χ4v) is 4.02. The highest BCUT2D eigenvalue weighted by molar-refractivity contribution is 6.36. The minimum absolute atomic E-state index is 0.0110. The lowest BCUT2D eigenvalue weighted by molar-refractivity contribution is 0.100. The number of para-hydroxylation sites is 1. The average molecular weight is 448 g/mol. The third kappa shape index (κ3) is 3.63. The molecule has 0 atom stereocenters. The number of carbonyl (C=O) groups excluding carboxylic acids is 1. The molecular formula is C24H15Cl2N3O2. The fourth-order valence-electron chi connectivity index (χ4n) is 3.55. The molecule has 0 radical (unpaired) electrons. The maximum absolute atomic E-state index is 13.4. The number of halogens is 2. The van der Waals surface area contributed by atoms with Gasteiger partial charge in [0.05, 0.1) is 17.3 Å². The maximum atomic E-state index is 13.4. The van der Waals surface area contributed by atoms with Gasteiger partial charge in [0.25, 0.3) is 11.7 Å². The van der Waals surface area contributed by atoms with E-state index in [9.17, 15) is 4.79 Å². The van der Waals surface area contributed by atoms with Gasteiger partial charge in [0.1, 0.15) is 5.15 Å². The van der Waals surface area contributed by atoms with Crippen LogP contribution in [0.2, 0.25) is 10.2 Å². The van der Waals surface area contributed by atoms with Crippen LogP contribution >= 0.6 is 23.2 Å². The first-order valence-electron chi connectivity index (χ1n) is 9.54. The summed E-state index contributed by atoms with van der Waals surface area (Å²) < 4.78 is 7.66. The zero-order chi connectivity index (χ0) is 21.4. The summed E-state index contributed by atoms with van der Waals surface area (Å²) in [6, 6.07) is 18.7. The van der Waals surface area contributed by atoms with Gasteiger partial charge in [-0.2, -0.15) is 0 Å². The standard InChI is InChI=1S/C24H15Cl2N3O2/c25-17-7-5-15(6-8-17)14-29-19-4-2-1-3-18(19)21(23(29)26)22(30)24-28-13-20(31-24)16-9-11-27-12-10-16/h1-13H,14H2. The van der Waals surface area contributed by atoms with Crippen molar-refractivity contribution in [1.82, 2.24) is 14.5 Å². The number of nitrogens with zero attached hydrogens (tertiary/aromatic N) is 3. The minimum Gasteiger partial charge on any atom is -0.433 e. The van der Waals surface area contributed by atoms with Gasteiger partial charge in [0.2, 0.25) is 0 Å². The molecule has 0 spiro atoms. The van der Waals surface area contributed by atoms with Crippen LogP contribution in [0.25, 0.3) is 22.2 Å².